The lowest BCUT2D eigenvalue weighted by atomic mass is 9.93. The zero-order valence-corrected chi connectivity index (χ0v) is 12.4. The lowest BCUT2D eigenvalue weighted by molar-refractivity contribution is -0.142. The molecule has 0 amide bonds. The quantitative estimate of drug-likeness (QED) is 0.847. The van der Waals surface area contributed by atoms with Crippen molar-refractivity contribution >= 4 is 17.6 Å². The Bertz CT molecular complexity index is 663. The highest BCUT2D eigenvalue weighted by Crippen LogP contribution is 2.39. The molecule has 0 saturated carbocycles. The van der Waals surface area contributed by atoms with Gasteiger partial charge in [0.05, 0.1) is 5.92 Å². The maximum atomic E-state index is 11.3. The molecule has 0 bridgehead atoms. The van der Waals surface area contributed by atoms with Crippen LogP contribution in [0.2, 0.25) is 5.02 Å². The summed E-state index contributed by atoms with van der Waals surface area (Å²) in [5.41, 5.74) is 2.80. The number of carboxylic acids is 1. The van der Waals surface area contributed by atoms with Crippen LogP contribution in [0.15, 0.2) is 28.8 Å². The average Bonchev–Trinajstić information content (AvgIpc) is 2.79. The summed E-state index contributed by atoms with van der Waals surface area (Å²) in [7, 11) is 0. The SMILES string of the molecule is C[C@H]1CC[C@@H](C(=O)O)Cc2onc(-c3ccc(Cl)cc3)c21. The fourth-order valence-corrected chi connectivity index (χ4v) is 3.06. The van der Waals surface area contributed by atoms with Gasteiger partial charge in [-0.1, -0.05) is 35.8 Å². The standard InChI is InChI=1S/C16H16ClNO3/c1-9-2-3-11(16(19)20)8-13-14(9)15(18-21-13)10-4-6-12(17)7-5-10/h4-7,9,11H,2-3,8H2,1H3,(H,19,20)/t9-,11+/m0/s1. The fraction of sp³-hybridized carbons (Fsp3) is 0.375. The van der Waals surface area contributed by atoms with E-state index in [2.05, 4.69) is 12.1 Å². The van der Waals surface area contributed by atoms with E-state index in [9.17, 15) is 9.90 Å². The van der Waals surface area contributed by atoms with Crippen molar-refractivity contribution in [2.24, 2.45) is 5.92 Å². The van der Waals surface area contributed by atoms with Crippen molar-refractivity contribution in [2.45, 2.75) is 32.1 Å². The van der Waals surface area contributed by atoms with Crippen LogP contribution in [0.3, 0.4) is 0 Å². The van der Waals surface area contributed by atoms with Crippen LogP contribution in [0.5, 0.6) is 0 Å². The summed E-state index contributed by atoms with van der Waals surface area (Å²) >= 11 is 5.92. The summed E-state index contributed by atoms with van der Waals surface area (Å²) < 4.78 is 5.46. The number of hydrogen-bond acceptors (Lipinski definition) is 3. The Morgan fingerprint density at radius 3 is 2.71 bits per heavy atom. The summed E-state index contributed by atoms with van der Waals surface area (Å²) in [5.74, 6) is -0.210. The highest BCUT2D eigenvalue weighted by Gasteiger charge is 2.31. The molecule has 110 valence electrons. The van der Waals surface area contributed by atoms with E-state index in [1.165, 1.54) is 0 Å². The molecule has 3 rings (SSSR count). The van der Waals surface area contributed by atoms with Crippen molar-refractivity contribution in [1.29, 1.82) is 0 Å². The van der Waals surface area contributed by atoms with Gasteiger partial charge in [-0.15, -0.1) is 0 Å². The first-order valence-corrected chi connectivity index (χ1v) is 7.41. The number of hydrogen-bond donors (Lipinski definition) is 1. The third-order valence-corrected chi connectivity index (χ3v) is 4.39. The molecule has 21 heavy (non-hydrogen) atoms. The van der Waals surface area contributed by atoms with Crippen molar-refractivity contribution < 1.29 is 14.4 Å². The molecular formula is C16H16ClNO3. The molecule has 2 aromatic rings. The summed E-state index contributed by atoms with van der Waals surface area (Å²) in [6.07, 6.45) is 1.90. The number of rotatable bonds is 2. The molecule has 1 aliphatic rings. The molecule has 1 aromatic carbocycles. The number of aromatic nitrogens is 1. The van der Waals surface area contributed by atoms with Crippen LogP contribution >= 0.6 is 11.6 Å². The molecule has 5 heteroatoms. The summed E-state index contributed by atoms with van der Waals surface area (Å²) in [5, 5.41) is 14.1. The molecule has 0 fully saturated rings. The second-order valence-electron chi connectivity index (χ2n) is 5.59. The zero-order chi connectivity index (χ0) is 15.0. The Labute approximate surface area is 127 Å². The van der Waals surface area contributed by atoms with Gasteiger partial charge in [0, 0.05) is 22.6 Å². The minimum atomic E-state index is -0.764. The van der Waals surface area contributed by atoms with Crippen LogP contribution < -0.4 is 0 Å². The number of fused-ring (bicyclic) bond motifs is 1. The normalized spacial score (nSPS) is 21.6. The summed E-state index contributed by atoms with van der Waals surface area (Å²) in [6.45, 7) is 2.10. The number of carboxylic acid groups (broad SMARTS) is 1. The highest BCUT2D eigenvalue weighted by atomic mass is 35.5. The van der Waals surface area contributed by atoms with Crippen LogP contribution in [-0.2, 0) is 11.2 Å². The first kappa shape index (κ1) is 14.1. The van der Waals surface area contributed by atoms with Gasteiger partial charge < -0.3 is 9.63 Å². The molecule has 0 aliphatic heterocycles. The summed E-state index contributed by atoms with van der Waals surface area (Å²) in [6, 6.07) is 7.46. The third-order valence-electron chi connectivity index (χ3n) is 4.14. The van der Waals surface area contributed by atoms with E-state index in [1.807, 2.05) is 24.3 Å². The Morgan fingerprint density at radius 2 is 2.05 bits per heavy atom. The highest BCUT2D eigenvalue weighted by molar-refractivity contribution is 6.30. The minimum Gasteiger partial charge on any atom is -0.481 e. The fourth-order valence-electron chi connectivity index (χ4n) is 2.93. The van der Waals surface area contributed by atoms with Gasteiger partial charge in [-0.05, 0) is 30.9 Å². The molecule has 1 heterocycles. The molecule has 0 saturated heterocycles. The topological polar surface area (TPSA) is 63.3 Å². The second-order valence-corrected chi connectivity index (χ2v) is 6.03. The monoisotopic (exact) mass is 305 g/mol. The van der Waals surface area contributed by atoms with E-state index in [-0.39, 0.29) is 11.8 Å². The number of nitrogens with zero attached hydrogens (tertiary/aromatic N) is 1. The molecule has 0 radical (unpaired) electrons. The molecule has 2 atom stereocenters. The van der Waals surface area contributed by atoms with Crippen LogP contribution in [0.25, 0.3) is 11.3 Å². The van der Waals surface area contributed by atoms with Gasteiger partial charge in [-0.2, -0.15) is 0 Å². The largest absolute Gasteiger partial charge is 0.481 e. The van der Waals surface area contributed by atoms with Crippen molar-refractivity contribution in [3.05, 3.63) is 40.6 Å². The molecule has 1 aliphatic carbocycles. The van der Waals surface area contributed by atoms with Gasteiger partial charge in [-0.25, -0.2) is 0 Å². The number of halogens is 1. The zero-order valence-electron chi connectivity index (χ0n) is 11.7. The second kappa shape index (κ2) is 5.53. The average molecular weight is 306 g/mol. The first-order chi connectivity index (χ1) is 10.1. The predicted octanol–water partition coefficient (Wildman–Crippen LogP) is 4.14. The molecular weight excluding hydrogens is 290 g/mol. The Hall–Kier alpha value is -1.81. The van der Waals surface area contributed by atoms with E-state index in [1.54, 1.807) is 0 Å². The molecule has 1 N–H and O–H groups in total. The lowest BCUT2D eigenvalue weighted by Gasteiger charge is -2.10. The predicted molar refractivity (Wildman–Crippen MR) is 79.4 cm³/mol. The Kier molecular flexibility index (Phi) is 3.72. The van der Waals surface area contributed by atoms with Crippen molar-refractivity contribution in [3.8, 4) is 11.3 Å². The van der Waals surface area contributed by atoms with E-state index in [0.29, 0.717) is 23.6 Å². The van der Waals surface area contributed by atoms with Crippen LogP contribution in [-0.4, -0.2) is 16.2 Å². The van der Waals surface area contributed by atoms with Crippen LogP contribution in [0.1, 0.15) is 37.0 Å². The van der Waals surface area contributed by atoms with Gasteiger partial charge >= 0.3 is 5.97 Å². The van der Waals surface area contributed by atoms with E-state index < -0.39 is 5.97 Å². The van der Waals surface area contributed by atoms with Gasteiger partial charge in [-0.3, -0.25) is 4.79 Å². The van der Waals surface area contributed by atoms with Gasteiger partial charge in [0.15, 0.2) is 0 Å². The maximum Gasteiger partial charge on any atom is 0.306 e. The van der Waals surface area contributed by atoms with Gasteiger partial charge in [0.2, 0.25) is 0 Å². The molecule has 1 aromatic heterocycles. The number of aliphatic carboxylic acids is 1. The number of benzene rings is 1. The number of carbonyl (C=O) groups is 1. The first-order valence-electron chi connectivity index (χ1n) is 7.03. The van der Waals surface area contributed by atoms with Crippen molar-refractivity contribution in [1.82, 2.24) is 5.16 Å². The van der Waals surface area contributed by atoms with E-state index >= 15 is 0 Å². The van der Waals surface area contributed by atoms with E-state index in [0.717, 1.165) is 23.2 Å². The Morgan fingerprint density at radius 1 is 1.33 bits per heavy atom. The Balaban J connectivity index is 2.03. The van der Waals surface area contributed by atoms with Crippen molar-refractivity contribution in [2.75, 3.05) is 0 Å². The van der Waals surface area contributed by atoms with Crippen LogP contribution in [0, 0.1) is 5.92 Å². The lowest BCUT2D eigenvalue weighted by Crippen LogP contribution is -2.15. The molecule has 0 unspecified atom stereocenters. The smallest absolute Gasteiger partial charge is 0.306 e. The van der Waals surface area contributed by atoms with Gasteiger partial charge in [0.25, 0.3) is 0 Å². The minimum absolute atomic E-state index is 0.237. The maximum absolute atomic E-state index is 11.3. The van der Waals surface area contributed by atoms with Crippen molar-refractivity contribution in [3.63, 3.8) is 0 Å². The van der Waals surface area contributed by atoms with E-state index in [4.69, 9.17) is 16.1 Å². The molecule has 4 nitrogen and oxygen atoms in total. The summed E-state index contributed by atoms with van der Waals surface area (Å²) in [4.78, 5) is 11.3. The molecule has 0 spiro atoms. The third kappa shape index (κ3) is 2.68. The van der Waals surface area contributed by atoms with Gasteiger partial charge in [0.1, 0.15) is 11.5 Å². The van der Waals surface area contributed by atoms with Crippen LogP contribution in [0.4, 0.5) is 0 Å².